The molecule has 2 saturated heterocycles. The molecule has 2 aliphatic rings. The fourth-order valence-corrected chi connectivity index (χ4v) is 2.85. The Bertz CT molecular complexity index is 372. The summed E-state index contributed by atoms with van der Waals surface area (Å²) in [6.07, 6.45) is 4.62. The van der Waals surface area contributed by atoms with E-state index < -0.39 is 0 Å². The number of piperidine rings is 1. The molecule has 3 rings (SSSR count). The molecule has 5 nitrogen and oxygen atoms in total. The quantitative estimate of drug-likeness (QED) is 0.839. The van der Waals surface area contributed by atoms with E-state index in [0.717, 1.165) is 50.6 Å². The minimum Gasteiger partial charge on any atom is -0.339 e. The predicted octanol–water partition coefficient (Wildman–Crippen LogP) is 1.30. The van der Waals surface area contributed by atoms with Crippen molar-refractivity contribution in [3.63, 3.8) is 0 Å². The van der Waals surface area contributed by atoms with Crippen LogP contribution < -0.4 is 5.32 Å². The molecule has 94 valence electrons. The Morgan fingerprint density at radius 1 is 1.29 bits per heavy atom. The van der Waals surface area contributed by atoms with E-state index in [2.05, 4.69) is 27.4 Å². The summed E-state index contributed by atoms with van der Waals surface area (Å²) < 4.78 is 5.45. The lowest BCUT2D eigenvalue weighted by Gasteiger charge is -2.19. The maximum absolute atomic E-state index is 5.45. The Kier molecular flexibility index (Phi) is 3.11. The highest BCUT2D eigenvalue weighted by molar-refractivity contribution is 5.01. The van der Waals surface area contributed by atoms with E-state index in [4.69, 9.17) is 4.52 Å². The van der Waals surface area contributed by atoms with E-state index >= 15 is 0 Å². The van der Waals surface area contributed by atoms with Gasteiger partial charge in [0.05, 0.1) is 6.04 Å². The number of hydrogen-bond acceptors (Lipinski definition) is 5. The molecule has 3 heterocycles. The van der Waals surface area contributed by atoms with Gasteiger partial charge in [-0.05, 0) is 52.4 Å². The SMILES string of the molecule is CN1CCCC1c1noc(C2CCNCC2)n1. The van der Waals surface area contributed by atoms with Crippen molar-refractivity contribution in [3.05, 3.63) is 11.7 Å². The Hall–Kier alpha value is -0.940. The molecule has 0 spiro atoms. The second-order valence-electron chi connectivity index (χ2n) is 5.15. The van der Waals surface area contributed by atoms with Gasteiger partial charge in [-0.3, -0.25) is 4.90 Å². The molecule has 1 aromatic rings. The number of aromatic nitrogens is 2. The lowest BCUT2D eigenvalue weighted by Crippen LogP contribution is -2.26. The molecule has 1 N–H and O–H groups in total. The monoisotopic (exact) mass is 236 g/mol. The van der Waals surface area contributed by atoms with Crippen LogP contribution in [0.5, 0.6) is 0 Å². The van der Waals surface area contributed by atoms with Crippen molar-refractivity contribution >= 4 is 0 Å². The molecule has 5 heteroatoms. The summed E-state index contributed by atoms with van der Waals surface area (Å²) >= 11 is 0. The van der Waals surface area contributed by atoms with E-state index in [9.17, 15) is 0 Å². The number of nitrogens with zero attached hydrogens (tertiary/aromatic N) is 3. The Balaban J connectivity index is 1.73. The van der Waals surface area contributed by atoms with E-state index in [-0.39, 0.29) is 0 Å². The van der Waals surface area contributed by atoms with Crippen LogP contribution in [0, 0.1) is 0 Å². The second kappa shape index (κ2) is 4.74. The van der Waals surface area contributed by atoms with Gasteiger partial charge in [0, 0.05) is 5.92 Å². The summed E-state index contributed by atoms with van der Waals surface area (Å²) in [5, 5.41) is 7.53. The van der Waals surface area contributed by atoms with Crippen molar-refractivity contribution in [1.29, 1.82) is 0 Å². The summed E-state index contributed by atoms with van der Waals surface area (Å²) in [6, 6.07) is 0.370. The first-order valence-corrected chi connectivity index (χ1v) is 6.59. The summed E-state index contributed by atoms with van der Waals surface area (Å²) in [6.45, 7) is 3.26. The zero-order valence-corrected chi connectivity index (χ0v) is 10.4. The molecule has 0 aliphatic carbocycles. The summed E-state index contributed by atoms with van der Waals surface area (Å²) in [5.41, 5.74) is 0. The maximum Gasteiger partial charge on any atom is 0.229 e. The molecule has 0 saturated carbocycles. The van der Waals surface area contributed by atoms with E-state index in [1.165, 1.54) is 6.42 Å². The highest BCUT2D eigenvalue weighted by Gasteiger charge is 2.29. The van der Waals surface area contributed by atoms with Gasteiger partial charge >= 0.3 is 0 Å². The first kappa shape index (κ1) is 11.2. The fraction of sp³-hybridized carbons (Fsp3) is 0.833. The van der Waals surface area contributed by atoms with Crippen LogP contribution in [0.25, 0.3) is 0 Å². The molecule has 0 bridgehead atoms. The summed E-state index contributed by atoms with van der Waals surface area (Å²) in [5.74, 6) is 2.20. The third kappa shape index (κ3) is 2.21. The number of rotatable bonds is 2. The largest absolute Gasteiger partial charge is 0.339 e. The molecular formula is C12H20N4O. The molecular weight excluding hydrogens is 216 g/mol. The molecule has 1 unspecified atom stereocenters. The van der Waals surface area contributed by atoms with Gasteiger partial charge in [0.15, 0.2) is 5.82 Å². The van der Waals surface area contributed by atoms with Gasteiger partial charge in [0.25, 0.3) is 0 Å². The molecule has 0 radical (unpaired) electrons. The first-order valence-electron chi connectivity index (χ1n) is 6.59. The number of likely N-dealkylation sites (tertiary alicyclic amines) is 1. The predicted molar refractivity (Wildman–Crippen MR) is 63.7 cm³/mol. The van der Waals surface area contributed by atoms with Crippen LogP contribution in [0.3, 0.4) is 0 Å². The minimum absolute atomic E-state index is 0.370. The third-order valence-corrected chi connectivity index (χ3v) is 3.96. The molecule has 0 aromatic carbocycles. The number of hydrogen-bond donors (Lipinski definition) is 1. The van der Waals surface area contributed by atoms with Crippen molar-refractivity contribution in [2.75, 3.05) is 26.7 Å². The minimum atomic E-state index is 0.370. The van der Waals surface area contributed by atoms with Crippen molar-refractivity contribution in [3.8, 4) is 0 Å². The van der Waals surface area contributed by atoms with Gasteiger partial charge in [0.2, 0.25) is 5.89 Å². The molecule has 0 amide bonds. The average Bonchev–Trinajstić information content (AvgIpc) is 2.98. The third-order valence-electron chi connectivity index (χ3n) is 3.96. The molecule has 2 fully saturated rings. The van der Waals surface area contributed by atoms with Gasteiger partial charge in [-0.25, -0.2) is 0 Å². The van der Waals surface area contributed by atoms with Gasteiger partial charge < -0.3 is 9.84 Å². The highest BCUT2D eigenvalue weighted by Crippen LogP contribution is 2.30. The number of nitrogens with one attached hydrogen (secondary N) is 1. The summed E-state index contributed by atoms with van der Waals surface area (Å²) in [4.78, 5) is 6.94. The first-order chi connectivity index (χ1) is 8.34. The van der Waals surface area contributed by atoms with Gasteiger partial charge in [-0.15, -0.1) is 0 Å². The Morgan fingerprint density at radius 3 is 2.82 bits per heavy atom. The van der Waals surface area contributed by atoms with Gasteiger partial charge in [-0.1, -0.05) is 5.16 Å². The Labute approximate surface area is 102 Å². The van der Waals surface area contributed by atoms with Crippen LogP contribution in [-0.2, 0) is 0 Å². The topological polar surface area (TPSA) is 54.2 Å². The highest BCUT2D eigenvalue weighted by atomic mass is 16.5. The van der Waals surface area contributed by atoms with Crippen LogP contribution in [-0.4, -0.2) is 41.7 Å². The van der Waals surface area contributed by atoms with Crippen molar-refractivity contribution < 1.29 is 4.52 Å². The smallest absolute Gasteiger partial charge is 0.229 e. The average molecular weight is 236 g/mol. The van der Waals surface area contributed by atoms with Gasteiger partial charge in [0.1, 0.15) is 0 Å². The Morgan fingerprint density at radius 2 is 2.12 bits per heavy atom. The van der Waals surface area contributed by atoms with Crippen LogP contribution in [0.1, 0.15) is 49.4 Å². The van der Waals surface area contributed by atoms with Crippen LogP contribution in [0.2, 0.25) is 0 Å². The zero-order chi connectivity index (χ0) is 11.7. The summed E-state index contributed by atoms with van der Waals surface area (Å²) in [7, 11) is 2.14. The molecule has 17 heavy (non-hydrogen) atoms. The second-order valence-corrected chi connectivity index (χ2v) is 5.15. The van der Waals surface area contributed by atoms with Gasteiger partial charge in [-0.2, -0.15) is 4.98 Å². The lowest BCUT2D eigenvalue weighted by molar-refractivity contribution is 0.286. The zero-order valence-electron chi connectivity index (χ0n) is 10.4. The van der Waals surface area contributed by atoms with Crippen LogP contribution >= 0.6 is 0 Å². The van der Waals surface area contributed by atoms with E-state index in [0.29, 0.717) is 12.0 Å². The molecule has 2 aliphatic heterocycles. The lowest BCUT2D eigenvalue weighted by atomic mass is 9.98. The van der Waals surface area contributed by atoms with Crippen LogP contribution in [0.4, 0.5) is 0 Å². The van der Waals surface area contributed by atoms with Crippen molar-refractivity contribution in [2.24, 2.45) is 0 Å². The molecule has 1 atom stereocenters. The normalized spacial score (nSPS) is 27.7. The molecule has 1 aromatic heterocycles. The van der Waals surface area contributed by atoms with E-state index in [1.807, 2.05) is 0 Å². The fourth-order valence-electron chi connectivity index (χ4n) is 2.85. The van der Waals surface area contributed by atoms with Crippen molar-refractivity contribution in [1.82, 2.24) is 20.4 Å². The van der Waals surface area contributed by atoms with Crippen molar-refractivity contribution in [2.45, 2.75) is 37.6 Å². The van der Waals surface area contributed by atoms with E-state index in [1.54, 1.807) is 0 Å². The standard InChI is InChI=1S/C12H20N4O/c1-16-8-2-3-10(16)11-14-12(17-15-11)9-4-6-13-7-5-9/h9-10,13H,2-8H2,1H3. The maximum atomic E-state index is 5.45. The van der Waals surface area contributed by atoms with Crippen LogP contribution in [0.15, 0.2) is 4.52 Å².